The highest BCUT2D eigenvalue weighted by molar-refractivity contribution is 7.92. The Morgan fingerprint density at radius 1 is 0.917 bits per heavy atom. The summed E-state index contributed by atoms with van der Waals surface area (Å²) in [4.78, 5) is 8.77. The van der Waals surface area contributed by atoms with Gasteiger partial charge in [0.05, 0.1) is 35.2 Å². The van der Waals surface area contributed by atoms with Gasteiger partial charge in [0.15, 0.2) is 0 Å². The van der Waals surface area contributed by atoms with Crippen LogP contribution in [-0.2, 0) is 10.0 Å². The first-order chi connectivity index (χ1) is 17.2. The monoisotopic (exact) mass is 517 g/mol. The summed E-state index contributed by atoms with van der Waals surface area (Å²) in [5.74, 6) is -1.97. The van der Waals surface area contributed by atoms with E-state index in [0.29, 0.717) is 22.9 Å². The second-order valence-corrected chi connectivity index (χ2v) is 11.1. The lowest BCUT2D eigenvalue weighted by atomic mass is 10.1. The van der Waals surface area contributed by atoms with Gasteiger partial charge >= 0.3 is 0 Å². The minimum Gasteiger partial charge on any atom is -0.370 e. The van der Waals surface area contributed by atoms with Crippen molar-refractivity contribution in [2.75, 3.05) is 47.0 Å². The first-order valence-corrected chi connectivity index (χ1v) is 14.0. The summed E-state index contributed by atoms with van der Waals surface area (Å²) >= 11 is 0. The van der Waals surface area contributed by atoms with Gasteiger partial charge in [0, 0.05) is 39.0 Å². The van der Waals surface area contributed by atoms with E-state index in [9.17, 15) is 17.2 Å². The minimum atomic E-state index is -3.41. The summed E-state index contributed by atoms with van der Waals surface area (Å²) in [6.07, 6.45) is 5.83. The number of rotatable bonds is 6. The number of halogens is 2. The molecule has 0 saturated carbocycles. The Morgan fingerprint density at radius 3 is 2.39 bits per heavy atom. The van der Waals surface area contributed by atoms with Crippen molar-refractivity contribution in [1.29, 1.82) is 0 Å². The van der Waals surface area contributed by atoms with Crippen LogP contribution in [-0.4, -0.2) is 66.8 Å². The van der Waals surface area contributed by atoms with Crippen LogP contribution in [0.2, 0.25) is 0 Å². The Hall–Kier alpha value is -3.28. The summed E-state index contributed by atoms with van der Waals surface area (Å²) in [5.41, 5.74) is 3.30. The number of hydrogen-bond donors (Lipinski definition) is 1. The van der Waals surface area contributed by atoms with Crippen LogP contribution in [0.1, 0.15) is 32.1 Å². The normalized spacial score (nSPS) is 18.3. The van der Waals surface area contributed by atoms with Crippen molar-refractivity contribution in [3.8, 4) is 17.1 Å². The molecule has 2 aliphatic heterocycles. The van der Waals surface area contributed by atoms with Crippen molar-refractivity contribution >= 4 is 27.2 Å². The van der Waals surface area contributed by atoms with E-state index in [-0.39, 0.29) is 25.9 Å². The molecule has 0 unspecified atom stereocenters. The Bertz CT molecular complexity index is 1330. The van der Waals surface area contributed by atoms with Gasteiger partial charge in [0.1, 0.15) is 11.5 Å². The highest BCUT2D eigenvalue weighted by Gasteiger charge is 2.34. The molecule has 4 heterocycles. The van der Waals surface area contributed by atoms with Crippen LogP contribution in [0.3, 0.4) is 0 Å². The number of nitrogens with zero attached hydrogens (tertiary/aromatic N) is 6. The number of sulfonamides is 1. The van der Waals surface area contributed by atoms with E-state index < -0.39 is 15.9 Å². The number of hydrogen-bond acceptors (Lipinski definition) is 7. The molecule has 0 spiro atoms. The molecule has 1 aromatic carbocycles. The van der Waals surface area contributed by atoms with E-state index in [0.717, 1.165) is 50.0 Å². The summed E-state index contributed by atoms with van der Waals surface area (Å²) in [6.45, 7) is 2.25. The highest BCUT2D eigenvalue weighted by Crippen LogP contribution is 2.32. The molecular weight excluding hydrogens is 488 g/mol. The molecule has 36 heavy (non-hydrogen) atoms. The third-order valence-corrected chi connectivity index (χ3v) is 7.14. The van der Waals surface area contributed by atoms with Gasteiger partial charge in [0.25, 0.3) is 5.92 Å². The van der Waals surface area contributed by atoms with Gasteiger partial charge in [0.2, 0.25) is 10.0 Å². The van der Waals surface area contributed by atoms with Crippen LogP contribution < -0.4 is 14.5 Å². The lowest BCUT2D eigenvalue weighted by Gasteiger charge is -2.32. The van der Waals surface area contributed by atoms with Crippen molar-refractivity contribution in [1.82, 2.24) is 20.0 Å². The first kappa shape index (κ1) is 24.4. The van der Waals surface area contributed by atoms with Gasteiger partial charge in [-0.1, -0.05) is 11.3 Å². The molecule has 2 saturated heterocycles. The SMILES string of the molecule is CS(=O)(=O)Nc1ccc(-n2cc(-c3cccc(N4CCC(F)(F)CC4)n3)nn2)c(N2CCCCC2)c1. The zero-order valence-electron chi connectivity index (χ0n) is 20.1. The van der Waals surface area contributed by atoms with E-state index in [2.05, 4.69) is 24.9 Å². The lowest BCUT2D eigenvalue weighted by Crippen LogP contribution is -2.39. The molecule has 2 aliphatic rings. The van der Waals surface area contributed by atoms with Crippen LogP contribution in [0.5, 0.6) is 0 Å². The van der Waals surface area contributed by atoms with Gasteiger partial charge in [-0.2, -0.15) is 0 Å². The maximum atomic E-state index is 13.6. The first-order valence-electron chi connectivity index (χ1n) is 12.1. The number of piperidine rings is 2. The van der Waals surface area contributed by atoms with Crippen molar-refractivity contribution in [3.05, 3.63) is 42.6 Å². The molecule has 5 rings (SSSR count). The molecule has 3 aromatic rings. The fraction of sp³-hybridized carbons (Fsp3) is 0.458. The number of pyridine rings is 1. The molecule has 0 bridgehead atoms. The lowest BCUT2D eigenvalue weighted by molar-refractivity contribution is -0.0221. The summed E-state index contributed by atoms with van der Waals surface area (Å²) < 4.78 is 54.9. The quantitative estimate of drug-likeness (QED) is 0.529. The van der Waals surface area contributed by atoms with Crippen molar-refractivity contribution in [3.63, 3.8) is 0 Å². The third-order valence-electron chi connectivity index (χ3n) is 6.53. The molecule has 0 aliphatic carbocycles. The Balaban J connectivity index is 1.44. The van der Waals surface area contributed by atoms with E-state index in [1.165, 1.54) is 0 Å². The Labute approximate surface area is 209 Å². The van der Waals surface area contributed by atoms with Crippen molar-refractivity contribution < 1.29 is 17.2 Å². The zero-order chi connectivity index (χ0) is 25.3. The van der Waals surface area contributed by atoms with Gasteiger partial charge < -0.3 is 9.80 Å². The molecule has 0 amide bonds. The summed E-state index contributed by atoms with van der Waals surface area (Å²) in [6, 6.07) is 10.8. The van der Waals surface area contributed by atoms with Crippen LogP contribution in [0.4, 0.5) is 26.0 Å². The number of alkyl halides is 2. The maximum Gasteiger partial charge on any atom is 0.251 e. The average molecular weight is 518 g/mol. The summed E-state index contributed by atoms with van der Waals surface area (Å²) in [5, 5.41) is 8.65. The van der Waals surface area contributed by atoms with E-state index in [4.69, 9.17) is 0 Å². The van der Waals surface area contributed by atoms with Crippen LogP contribution >= 0.6 is 0 Å². The fourth-order valence-corrected chi connectivity index (χ4v) is 5.24. The maximum absolute atomic E-state index is 13.6. The predicted molar refractivity (Wildman–Crippen MR) is 136 cm³/mol. The summed E-state index contributed by atoms with van der Waals surface area (Å²) in [7, 11) is -3.41. The zero-order valence-corrected chi connectivity index (χ0v) is 20.9. The van der Waals surface area contributed by atoms with Crippen molar-refractivity contribution in [2.45, 2.75) is 38.0 Å². The fourth-order valence-electron chi connectivity index (χ4n) is 4.69. The van der Waals surface area contributed by atoms with Gasteiger partial charge in [-0.15, -0.1) is 5.10 Å². The molecule has 1 N–H and O–H groups in total. The molecule has 0 radical (unpaired) electrons. The molecule has 2 fully saturated rings. The topological polar surface area (TPSA) is 96.2 Å². The molecule has 0 atom stereocenters. The molecule has 12 heteroatoms. The number of benzene rings is 1. The standard InChI is InChI=1S/C24H29F2N7O2S/c1-36(34,35)29-18-8-9-21(22(16-18)31-12-3-2-4-13-31)33-17-20(28-30-33)19-6-5-7-23(27-19)32-14-10-24(25,26)11-15-32/h5-9,16-17,29H,2-4,10-15H2,1H3. The average Bonchev–Trinajstić information content (AvgIpc) is 3.34. The Morgan fingerprint density at radius 2 is 1.67 bits per heavy atom. The smallest absolute Gasteiger partial charge is 0.251 e. The van der Waals surface area contributed by atoms with Gasteiger partial charge in [-0.05, 0) is 49.6 Å². The van der Waals surface area contributed by atoms with E-state index in [1.807, 2.05) is 35.2 Å². The van der Waals surface area contributed by atoms with Gasteiger partial charge in [-0.3, -0.25) is 4.72 Å². The van der Waals surface area contributed by atoms with E-state index >= 15 is 0 Å². The van der Waals surface area contributed by atoms with Crippen LogP contribution in [0, 0.1) is 0 Å². The number of nitrogens with one attached hydrogen (secondary N) is 1. The third kappa shape index (κ3) is 5.58. The van der Waals surface area contributed by atoms with Gasteiger partial charge in [-0.25, -0.2) is 26.9 Å². The largest absolute Gasteiger partial charge is 0.370 e. The Kier molecular flexibility index (Phi) is 6.54. The second-order valence-electron chi connectivity index (χ2n) is 9.40. The minimum absolute atomic E-state index is 0.182. The number of aromatic nitrogens is 4. The van der Waals surface area contributed by atoms with Crippen molar-refractivity contribution in [2.24, 2.45) is 0 Å². The van der Waals surface area contributed by atoms with Crippen LogP contribution in [0.25, 0.3) is 17.1 Å². The van der Waals surface area contributed by atoms with E-state index in [1.54, 1.807) is 16.9 Å². The van der Waals surface area contributed by atoms with Crippen LogP contribution in [0.15, 0.2) is 42.6 Å². The second kappa shape index (κ2) is 9.64. The highest BCUT2D eigenvalue weighted by atomic mass is 32.2. The molecule has 9 nitrogen and oxygen atoms in total. The predicted octanol–water partition coefficient (Wildman–Crippen LogP) is 3.93. The molecule has 192 valence electrons. The molecular formula is C24H29F2N7O2S. The number of anilines is 3. The molecule has 2 aromatic heterocycles.